The SMILES string of the molecule is CCCOc1ccc(/C=C2\SC(=O)N(CCc3ccccc3)C2=O)cc1Br. The summed E-state index contributed by atoms with van der Waals surface area (Å²) in [5.74, 6) is 0.535. The van der Waals surface area contributed by atoms with Gasteiger partial charge in [-0.3, -0.25) is 14.5 Å². The third-order valence-electron chi connectivity index (χ3n) is 4.06. The standard InChI is InChI=1S/C21H20BrNO3S/c1-2-12-26-18-9-8-16(13-17(18)22)14-19-20(24)23(21(25)27-19)11-10-15-6-4-3-5-7-15/h3-9,13-14H,2,10-12H2,1H3/b19-14-. The van der Waals surface area contributed by atoms with Crippen LogP contribution in [0.25, 0.3) is 6.08 Å². The van der Waals surface area contributed by atoms with Crippen LogP contribution in [0, 0.1) is 0 Å². The second-order valence-corrected chi connectivity index (χ2v) is 7.95. The molecular formula is C21H20BrNO3S. The van der Waals surface area contributed by atoms with Crippen LogP contribution >= 0.6 is 27.7 Å². The molecule has 0 atom stereocenters. The number of ether oxygens (including phenoxy) is 1. The fraction of sp³-hybridized carbons (Fsp3) is 0.238. The van der Waals surface area contributed by atoms with Gasteiger partial charge in [0, 0.05) is 6.54 Å². The summed E-state index contributed by atoms with van der Waals surface area (Å²) in [4.78, 5) is 26.6. The predicted octanol–water partition coefficient (Wildman–Crippen LogP) is 5.52. The van der Waals surface area contributed by atoms with Crippen LogP contribution in [0.4, 0.5) is 4.79 Å². The Kier molecular flexibility index (Phi) is 6.74. The first kappa shape index (κ1) is 19.7. The molecule has 0 N–H and O–H groups in total. The number of rotatable bonds is 7. The summed E-state index contributed by atoms with van der Waals surface area (Å²) < 4.78 is 6.46. The lowest BCUT2D eigenvalue weighted by Crippen LogP contribution is -2.30. The highest BCUT2D eigenvalue weighted by Crippen LogP contribution is 2.34. The molecule has 1 aliphatic heterocycles. The van der Waals surface area contributed by atoms with Crippen LogP contribution < -0.4 is 4.74 Å². The van der Waals surface area contributed by atoms with Crippen molar-refractivity contribution in [1.29, 1.82) is 0 Å². The molecule has 0 saturated carbocycles. The summed E-state index contributed by atoms with van der Waals surface area (Å²) in [6, 6.07) is 15.5. The van der Waals surface area contributed by atoms with E-state index in [9.17, 15) is 9.59 Å². The van der Waals surface area contributed by atoms with Crippen LogP contribution in [0.1, 0.15) is 24.5 Å². The largest absolute Gasteiger partial charge is 0.492 e. The van der Waals surface area contributed by atoms with Crippen LogP contribution in [-0.2, 0) is 11.2 Å². The smallest absolute Gasteiger partial charge is 0.293 e. The van der Waals surface area contributed by atoms with Crippen molar-refractivity contribution >= 4 is 44.9 Å². The van der Waals surface area contributed by atoms with E-state index in [0.29, 0.717) is 24.5 Å². The number of hydrogen-bond donors (Lipinski definition) is 0. The zero-order valence-corrected chi connectivity index (χ0v) is 17.4. The third kappa shape index (κ3) is 5.02. The summed E-state index contributed by atoms with van der Waals surface area (Å²) in [6.45, 7) is 3.09. The van der Waals surface area contributed by atoms with Gasteiger partial charge in [0.25, 0.3) is 11.1 Å². The summed E-state index contributed by atoms with van der Waals surface area (Å²) in [6.07, 6.45) is 3.34. The van der Waals surface area contributed by atoms with Gasteiger partial charge in [0.05, 0.1) is 16.0 Å². The van der Waals surface area contributed by atoms with Crippen LogP contribution in [0.5, 0.6) is 5.75 Å². The Morgan fingerprint density at radius 2 is 1.93 bits per heavy atom. The van der Waals surface area contributed by atoms with Gasteiger partial charge < -0.3 is 4.74 Å². The number of hydrogen-bond acceptors (Lipinski definition) is 4. The number of nitrogens with zero attached hydrogens (tertiary/aromatic N) is 1. The first-order chi connectivity index (χ1) is 13.1. The molecule has 2 aromatic carbocycles. The molecule has 6 heteroatoms. The summed E-state index contributed by atoms with van der Waals surface area (Å²) in [5.41, 5.74) is 1.95. The molecule has 0 bridgehead atoms. The molecule has 0 aliphatic carbocycles. The van der Waals surface area contributed by atoms with E-state index in [-0.39, 0.29) is 11.1 Å². The van der Waals surface area contributed by atoms with Crippen molar-refractivity contribution < 1.29 is 14.3 Å². The van der Waals surface area contributed by atoms with E-state index in [2.05, 4.69) is 22.9 Å². The zero-order chi connectivity index (χ0) is 19.2. The molecule has 1 saturated heterocycles. The number of amides is 2. The van der Waals surface area contributed by atoms with Crippen molar-refractivity contribution in [1.82, 2.24) is 4.90 Å². The minimum Gasteiger partial charge on any atom is -0.492 e. The van der Waals surface area contributed by atoms with Crippen molar-refractivity contribution in [3.8, 4) is 5.75 Å². The highest BCUT2D eigenvalue weighted by atomic mass is 79.9. The maximum absolute atomic E-state index is 12.6. The first-order valence-electron chi connectivity index (χ1n) is 8.80. The average molecular weight is 446 g/mol. The molecule has 0 radical (unpaired) electrons. The molecule has 3 rings (SSSR count). The highest BCUT2D eigenvalue weighted by molar-refractivity contribution is 9.10. The van der Waals surface area contributed by atoms with Gasteiger partial charge in [-0.05, 0) is 69.9 Å². The Morgan fingerprint density at radius 1 is 1.15 bits per heavy atom. The molecule has 1 aliphatic rings. The number of benzene rings is 2. The third-order valence-corrected chi connectivity index (χ3v) is 5.58. The molecule has 2 amide bonds. The Hall–Kier alpha value is -2.05. The number of carbonyl (C=O) groups is 2. The highest BCUT2D eigenvalue weighted by Gasteiger charge is 2.34. The fourth-order valence-electron chi connectivity index (χ4n) is 2.67. The van der Waals surface area contributed by atoms with Gasteiger partial charge in [-0.15, -0.1) is 0 Å². The molecule has 0 unspecified atom stereocenters. The number of carbonyl (C=O) groups excluding carboxylic acids is 2. The number of imide groups is 1. The predicted molar refractivity (Wildman–Crippen MR) is 113 cm³/mol. The van der Waals surface area contributed by atoms with E-state index in [1.54, 1.807) is 6.08 Å². The van der Waals surface area contributed by atoms with Crippen LogP contribution in [0.3, 0.4) is 0 Å². The molecule has 1 fully saturated rings. The number of thioether (sulfide) groups is 1. The lowest BCUT2D eigenvalue weighted by atomic mass is 10.1. The maximum Gasteiger partial charge on any atom is 0.293 e. The van der Waals surface area contributed by atoms with Gasteiger partial charge in [0.2, 0.25) is 0 Å². The first-order valence-corrected chi connectivity index (χ1v) is 10.4. The minimum absolute atomic E-state index is 0.218. The van der Waals surface area contributed by atoms with Crippen molar-refractivity contribution in [2.75, 3.05) is 13.2 Å². The molecule has 2 aromatic rings. The normalized spacial score (nSPS) is 15.6. The maximum atomic E-state index is 12.6. The fourth-order valence-corrected chi connectivity index (χ4v) is 4.04. The lowest BCUT2D eigenvalue weighted by molar-refractivity contribution is -0.122. The van der Waals surface area contributed by atoms with Gasteiger partial charge in [-0.25, -0.2) is 0 Å². The summed E-state index contributed by atoms with van der Waals surface area (Å²) >= 11 is 4.48. The minimum atomic E-state index is -0.233. The van der Waals surface area contributed by atoms with Gasteiger partial charge in [-0.1, -0.05) is 43.3 Å². The van der Waals surface area contributed by atoms with Crippen molar-refractivity contribution in [3.05, 3.63) is 69.0 Å². The monoisotopic (exact) mass is 445 g/mol. The topological polar surface area (TPSA) is 46.6 Å². The zero-order valence-electron chi connectivity index (χ0n) is 15.0. The molecule has 0 aromatic heterocycles. The second-order valence-electron chi connectivity index (χ2n) is 6.11. The van der Waals surface area contributed by atoms with E-state index in [1.807, 2.05) is 48.5 Å². The van der Waals surface area contributed by atoms with E-state index in [1.165, 1.54) is 4.90 Å². The van der Waals surface area contributed by atoms with Crippen LogP contribution in [-0.4, -0.2) is 29.2 Å². The van der Waals surface area contributed by atoms with Crippen LogP contribution in [0.2, 0.25) is 0 Å². The van der Waals surface area contributed by atoms with E-state index in [0.717, 1.165) is 39.5 Å². The lowest BCUT2D eigenvalue weighted by Gasteiger charge is -2.12. The van der Waals surface area contributed by atoms with Gasteiger partial charge in [0.15, 0.2) is 0 Å². The van der Waals surface area contributed by atoms with E-state index in [4.69, 9.17) is 4.74 Å². The quantitative estimate of drug-likeness (QED) is 0.526. The molecule has 4 nitrogen and oxygen atoms in total. The Morgan fingerprint density at radius 3 is 2.63 bits per heavy atom. The Labute approximate surface area is 171 Å². The second kappa shape index (κ2) is 9.24. The van der Waals surface area contributed by atoms with Crippen molar-refractivity contribution in [2.45, 2.75) is 19.8 Å². The van der Waals surface area contributed by atoms with Crippen molar-refractivity contribution in [3.63, 3.8) is 0 Å². The summed E-state index contributed by atoms with van der Waals surface area (Å²) in [7, 11) is 0. The van der Waals surface area contributed by atoms with Gasteiger partial charge >= 0.3 is 0 Å². The van der Waals surface area contributed by atoms with Gasteiger partial charge in [0.1, 0.15) is 5.75 Å². The van der Waals surface area contributed by atoms with E-state index < -0.39 is 0 Å². The van der Waals surface area contributed by atoms with Crippen molar-refractivity contribution in [2.24, 2.45) is 0 Å². The summed E-state index contributed by atoms with van der Waals surface area (Å²) in [5, 5.41) is -0.218. The van der Waals surface area contributed by atoms with E-state index >= 15 is 0 Å². The molecule has 140 valence electrons. The number of halogens is 1. The molecule has 0 spiro atoms. The average Bonchev–Trinajstić information content (AvgIpc) is 2.93. The molecular weight excluding hydrogens is 426 g/mol. The molecule has 27 heavy (non-hydrogen) atoms. The van der Waals surface area contributed by atoms with Gasteiger partial charge in [-0.2, -0.15) is 0 Å². The molecule has 1 heterocycles. The Balaban J connectivity index is 1.69. The van der Waals surface area contributed by atoms with Crippen LogP contribution in [0.15, 0.2) is 57.9 Å². The Bertz CT molecular complexity index is 867.